The molecule has 0 bridgehead atoms. The average molecular weight is 313 g/mol. The molecule has 0 aliphatic heterocycles. The number of hydrogen-bond acceptors (Lipinski definition) is 3. The standard InChI is InChI=1S/C14H11ClF2N2O2/c15-11-7-12(16)10(6-13(11)17)14(18)5-8-1-3-9(4-2-8)19(20)21/h1-4,6-7,14H,5,18H2. The first-order valence-electron chi connectivity index (χ1n) is 6.02. The van der Waals surface area contributed by atoms with E-state index >= 15 is 0 Å². The van der Waals surface area contributed by atoms with Crippen LogP contribution in [0.1, 0.15) is 17.2 Å². The topological polar surface area (TPSA) is 69.2 Å². The number of non-ortho nitro benzene ring substituents is 1. The molecule has 0 aliphatic rings. The second-order valence-electron chi connectivity index (χ2n) is 4.52. The molecule has 21 heavy (non-hydrogen) atoms. The molecular formula is C14H11ClF2N2O2. The van der Waals surface area contributed by atoms with E-state index < -0.39 is 22.6 Å². The quantitative estimate of drug-likeness (QED) is 0.531. The highest BCUT2D eigenvalue weighted by Crippen LogP contribution is 2.25. The molecule has 1 atom stereocenters. The Morgan fingerprint density at radius 3 is 2.38 bits per heavy atom. The van der Waals surface area contributed by atoms with Gasteiger partial charge in [0.25, 0.3) is 5.69 Å². The van der Waals surface area contributed by atoms with Gasteiger partial charge in [-0.1, -0.05) is 23.7 Å². The third-order valence-corrected chi connectivity index (χ3v) is 3.33. The van der Waals surface area contributed by atoms with Crippen LogP contribution in [0.2, 0.25) is 5.02 Å². The van der Waals surface area contributed by atoms with Gasteiger partial charge < -0.3 is 5.73 Å². The molecule has 0 aliphatic carbocycles. The van der Waals surface area contributed by atoms with Crippen LogP contribution in [-0.2, 0) is 6.42 Å². The molecule has 4 nitrogen and oxygen atoms in total. The van der Waals surface area contributed by atoms with Crippen molar-refractivity contribution in [3.05, 3.63) is 74.3 Å². The van der Waals surface area contributed by atoms with Crippen LogP contribution in [0.3, 0.4) is 0 Å². The number of nitrogens with two attached hydrogens (primary N) is 1. The lowest BCUT2D eigenvalue weighted by molar-refractivity contribution is -0.384. The lowest BCUT2D eigenvalue weighted by atomic mass is 9.99. The normalized spacial score (nSPS) is 12.2. The van der Waals surface area contributed by atoms with Crippen molar-refractivity contribution < 1.29 is 13.7 Å². The number of nitrogens with zero attached hydrogens (tertiary/aromatic N) is 1. The largest absolute Gasteiger partial charge is 0.324 e. The lowest BCUT2D eigenvalue weighted by Crippen LogP contribution is -2.15. The third kappa shape index (κ3) is 3.53. The van der Waals surface area contributed by atoms with E-state index in [1.165, 1.54) is 24.3 Å². The summed E-state index contributed by atoms with van der Waals surface area (Å²) < 4.78 is 27.1. The van der Waals surface area contributed by atoms with Crippen LogP contribution in [0.5, 0.6) is 0 Å². The monoisotopic (exact) mass is 312 g/mol. The van der Waals surface area contributed by atoms with E-state index in [1.807, 2.05) is 0 Å². The van der Waals surface area contributed by atoms with Crippen LogP contribution in [-0.4, -0.2) is 4.92 Å². The molecule has 0 saturated heterocycles. The minimum atomic E-state index is -0.779. The minimum Gasteiger partial charge on any atom is -0.324 e. The van der Waals surface area contributed by atoms with Crippen molar-refractivity contribution in [3.8, 4) is 0 Å². The maximum absolute atomic E-state index is 13.7. The highest BCUT2D eigenvalue weighted by Gasteiger charge is 2.16. The molecule has 0 spiro atoms. The molecule has 0 aromatic heterocycles. The van der Waals surface area contributed by atoms with Gasteiger partial charge in [0, 0.05) is 23.7 Å². The molecule has 2 aromatic rings. The van der Waals surface area contributed by atoms with Crippen molar-refractivity contribution in [3.63, 3.8) is 0 Å². The van der Waals surface area contributed by atoms with Gasteiger partial charge in [0.1, 0.15) is 11.6 Å². The van der Waals surface area contributed by atoms with Crippen LogP contribution >= 0.6 is 11.6 Å². The Bertz CT molecular complexity index is 677. The van der Waals surface area contributed by atoms with Gasteiger partial charge in [0.05, 0.1) is 9.95 Å². The number of halogens is 3. The van der Waals surface area contributed by atoms with E-state index in [-0.39, 0.29) is 22.7 Å². The summed E-state index contributed by atoms with van der Waals surface area (Å²) in [5.74, 6) is -1.43. The number of nitro benzene ring substituents is 1. The summed E-state index contributed by atoms with van der Waals surface area (Å²) in [6, 6.07) is 6.79. The number of rotatable bonds is 4. The molecule has 110 valence electrons. The van der Waals surface area contributed by atoms with E-state index in [4.69, 9.17) is 17.3 Å². The summed E-state index contributed by atoms with van der Waals surface area (Å²) in [6.07, 6.45) is 0.218. The molecular weight excluding hydrogens is 302 g/mol. The van der Waals surface area contributed by atoms with Crippen molar-refractivity contribution in [2.45, 2.75) is 12.5 Å². The maximum Gasteiger partial charge on any atom is 0.269 e. The lowest BCUT2D eigenvalue weighted by Gasteiger charge is -2.13. The molecule has 0 fully saturated rings. The van der Waals surface area contributed by atoms with E-state index in [0.29, 0.717) is 5.56 Å². The Labute approximate surface area is 124 Å². The first kappa shape index (κ1) is 15.3. The Kier molecular flexibility index (Phi) is 4.50. The zero-order chi connectivity index (χ0) is 15.6. The maximum atomic E-state index is 13.7. The zero-order valence-electron chi connectivity index (χ0n) is 10.7. The van der Waals surface area contributed by atoms with Crippen LogP contribution in [0.4, 0.5) is 14.5 Å². The van der Waals surface area contributed by atoms with Gasteiger partial charge in [-0.15, -0.1) is 0 Å². The fourth-order valence-corrected chi connectivity index (χ4v) is 2.09. The Morgan fingerprint density at radius 2 is 1.81 bits per heavy atom. The highest BCUT2D eigenvalue weighted by molar-refractivity contribution is 6.30. The molecule has 1 unspecified atom stereocenters. The number of benzene rings is 2. The smallest absolute Gasteiger partial charge is 0.269 e. The summed E-state index contributed by atoms with van der Waals surface area (Å²) in [7, 11) is 0. The predicted octanol–water partition coefficient (Wildman–Crippen LogP) is 3.77. The summed E-state index contributed by atoms with van der Waals surface area (Å²) in [6.45, 7) is 0. The van der Waals surface area contributed by atoms with Gasteiger partial charge >= 0.3 is 0 Å². The zero-order valence-corrected chi connectivity index (χ0v) is 11.5. The third-order valence-electron chi connectivity index (χ3n) is 3.04. The summed E-state index contributed by atoms with van der Waals surface area (Å²) in [5, 5.41) is 10.2. The molecule has 0 heterocycles. The average Bonchev–Trinajstić information content (AvgIpc) is 2.43. The summed E-state index contributed by atoms with van der Waals surface area (Å²) >= 11 is 5.48. The molecule has 0 radical (unpaired) electrons. The van der Waals surface area contributed by atoms with Crippen LogP contribution in [0.25, 0.3) is 0 Å². The van der Waals surface area contributed by atoms with Crippen LogP contribution < -0.4 is 5.73 Å². The van der Waals surface area contributed by atoms with Gasteiger partial charge in [-0.3, -0.25) is 10.1 Å². The van der Waals surface area contributed by atoms with Crippen molar-refractivity contribution in [1.29, 1.82) is 0 Å². The van der Waals surface area contributed by atoms with Crippen LogP contribution in [0, 0.1) is 21.7 Å². The van der Waals surface area contributed by atoms with Crippen molar-refractivity contribution in [1.82, 2.24) is 0 Å². The first-order valence-corrected chi connectivity index (χ1v) is 6.39. The van der Waals surface area contributed by atoms with Crippen molar-refractivity contribution in [2.75, 3.05) is 0 Å². The summed E-state index contributed by atoms with van der Waals surface area (Å²) in [5.41, 5.74) is 6.51. The van der Waals surface area contributed by atoms with Gasteiger partial charge in [-0.05, 0) is 24.1 Å². The Hall–Kier alpha value is -2.05. The number of hydrogen-bond donors (Lipinski definition) is 1. The van der Waals surface area contributed by atoms with Crippen LogP contribution in [0.15, 0.2) is 36.4 Å². The molecule has 2 rings (SSSR count). The molecule has 2 aromatic carbocycles. The van der Waals surface area contributed by atoms with Crippen molar-refractivity contribution in [2.24, 2.45) is 5.73 Å². The van der Waals surface area contributed by atoms with Gasteiger partial charge in [0.2, 0.25) is 0 Å². The van der Waals surface area contributed by atoms with E-state index in [1.54, 1.807) is 0 Å². The second kappa shape index (κ2) is 6.15. The van der Waals surface area contributed by atoms with E-state index in [0.717, 1.165) is 12.1 Å². The van der Waals surface area contributed by atoms with Crippen molar-refractivity contribution >= 4 is 17.3 Å². The van der Waals surface area contributed by atoms with Gasteiger partial charge in [-0.25, -0.2) is 8.78 Å². The first-order chi connectivity index (χ1) is 9.88. The fraction of sp³-hybridized carbons (Fsp3) is 0.143. The Morgan fingerprint density at radius 1 is 1.19 bits per heavy atom. The highest BCUT2D eigenvalue weighted by atomic mass is 35.5. The predicted molar refractivity (Wildman–Crippen MR) is 75.1 cm³/mol. The molecule has 0 saturated carbocycles. The molecule has 7 heteroatoms. The van der Waals surface area contributed by atoms with E-state index in [9.17, 15) is 18.9 Å². The fourth-order valence-electron chi connectivity index (χ4n) is 1.94. The summed E-state index contributed by atoms with van der Waals surface area (Å²) in [4.78, 5) is 10.0. The molecule has 2 N–H and O–H groups in total. The minimum absolute atomic E-state index is 0.00949. The number of nitro groups is 1. The SMILES string of the molecule is NC(Cc1ccc([N+](=O)[O-])cc1)c1cc(F)c(Cl)cc1F. The van der Waals surface area contributed by atoms with Gasteiger partial charge in [0.15, 0.2) is 0 Å². The second-order valence-corrected chi connectivity index (χ2v) is 4.93. The Balaban J connectivity index is 2.19. The molecule has 0 amide bonds. The van der Waals surface area contributed by atoms with Gasteiger partial charge in [-0.2, -0.15) is 0 Å². The van der Waals surface area contributed by atoms with E-state index in [2.05, 4.69) is 0 Å².